The minimum Gasteiger partial charge on any atom is -0.465 e. The Morgan fingerprint density at radius 3 is 2.29 bits per heavy atom. The van der Waals surface area contributed by atoms with Crippen molar-refractivity contribution in [2.75, 3.05) is 12.4 Å². The lowest BCUT2D eigenvalue weighted by atomic mass is 10.1. The molecule has 0 fully saturated rings. The van der Waals surface area contributed by atoms with Crippen LogP contribution in [-0.2, 0) is 4.74 Å². The third-order valence-electron chi connectivity index (χ3n) is 4.65. The van der Waals surface area contributed by atoms with E-state index >= 15 is 0 Å². The van der Waals surface area contributed by atoms with Gasteiger partial charge in [0.25, 0.3) is 11.8 Å². The Morgan fingerprint density at radius 2 is 1.64 bits per heavy atom. The molecule has 3 rings (SSSR count). The topological polar surface area (TPSA) is 84.5 Å². The molecule has 0 aromatic heterocycles. The molecule has 6 nitrogen and oxygen atoms in total. The number of hydrogen-bond acceptors (Lipinski definition) is 4. The van der Waals surface area contributed by atoms with E-state index in [1.165, 1.54) is 19.2 Å². The quantitative estimate of drug-likeness (QED) is 0.616. The third kappa shape index (κ3) is 4.46. The molecule has 0 radical (unpaired) electrons. The molecule has 1 unspecified atom stereocenters. The number of anilines is 1. The summed E-state index contributed by atoms with van der Waals surface area (Å²) in [5.41, 5.74) is 2.67. The first-order chi connectivity index (χ1) is 13.5. The number of carbonyl (C=O) groups is 3. The molecule has 0 bridgehead atoms. The molecule has 144 valence electrons. The molecule has 1 aliphatic carbocycles. The van der Waals surface area contributed by atoms with Crippen LogP contribution in [0.1, 0.15) is 49.5 Å². The van der Waals surface area contributed by atoms with Crippen molar-refractivity contribution in [3.8, 4) is 0 Å². The Balaban J connectivity index is 1.72. The number of amides is 2. The van der Waals surface area contributed by atoms with Gasteiger partial charge in [-0.2, -0.15) is 0 Å². The minimum absolute atomic E-state index is 0.0557. The predicted molar refractivity (Wildman–Crippen MR) is 107 cm³/mol. The molecule has 1 aliphatic rings. The molecule has 1 atom stereocenters. The van der Waals surface area contributed by atoms with Gasteiger partial charge in [0.15, 0.2) is 0 Å². The number of benzene rings is 2. The van der Waals surface area contributed by atoms with Crippen LogP contribution in [0.15, 0.2) is 54.6 Å². The molecule has 0 saturated heterocycles. The Hall–Kier alpha value is -3.41. The summed E-state index contributed by atoms with van der Waals surface area (Å²) in [5, 5.41) is 5.80. The van der Waals surface area contributed by atoms with E-state index < -0.39 is 5.97 Å². The number of aryl methyl sites for hydroxylation is 1. The van der Waals surface area contributed by atoms with Crippen molar-refractivity contribution in [3.05, 3.63) is 76.9 Å². The van der Waals surface area contributed by atoms with Crippen LogP contribution in [0.25, 0.3) is 0 Å². The van der Waals surface area contributed by atoms with Crippen LogP contribution in [0.2, 0.25) is 0 Å². The van der Waals surface area contributed by atoms with E-state index in [0.717, 1.165) is 18.4 Å². The van der Waals surface area contributed by atoms with Crippen LogP contribution in [0.4, 0.5) is 5.69 Å². The standard InChI is InChI=1S/C22H22N2O4/c1-14-7-8-17(21(26)23-18-5-3-4-6-18)13-19(14)24-20(25)15-9-11-16(12-10-15)22(27)28-2/h3,5,7-13,18H,4,6H2,1-2H3,(H,23,26)(H,24,25). The van der Waals surface area contributed by atoms with Crippen molar-refractivity contribution < 1.29 is 19.1 Å². The molecule has 2 amide bonds. The summed E-state index contributed by atoms with van der Waals surface area (Å²) >= 11 is 0. The van der Waals surface area contributed by atoms with Gasteiger partial charge in [0.1, 0.15) is 0 Å². The van der Waals surface area contributed by atoms with E-state index in [9.17, 15) is 14.4 Å². The van der Waals surface area contributed by atoms with Crippen molar-refractivity contribution in [2.24, 2.45) is 0 Å². The van der Waals surface area contributed by atoms with Gasteiger partial charge in [0, 0.05) is 22.9 Å². The number of methoxy groups -OCH3 is 1. The first kappa shape index (κ1) is 19.4. The third-order valence-corrected chi connectivity index (χ3v) is 4.65. The van der Waals surface area contributed by atoms with Gasteiger partial charge in [-0.1, -0.05) is 18.2 Å². The summed E-state index contributed by atoms with van der Waals surface area (Å²) in [7, 11) is 1.30. The molecule has 2 N–H and O–H groups in total. The highest BCUT2D eigenvalue weighted by molar-refractivity contribution is 6.06. The summed E-state index contributed by atoms with van der Waals surface area (Å²) in [6, 6.07) is 11.4. The highest BCUT2D eigenvalue weighted by atomic mass is 16.5. The molecule has 0 heterocycles. The monoisotopic (exact) mass is 378 g/mol. The normalized spacial score (nSPS) is 15.1. The van der Waals surface area contributed by atoms with Gasteiger partial charge in [-0.05, 0) is 61.7 Å². The number of nitrogens with one attached hydrogen (secondary N) is 2. The average molecular weight is 378 g/mol. The first-order valence-electron chi connectivity index (χ1n) is 9.06. The van der Waals surface area contributed by atoms with E-state index in [1.807, 2.05) is 13.0 Å². The van der Waals surface area contributed by atoms with Crippen molar-refractivity contribution >= 4 is 23.5 Å². The number of ether oxygens (including phenoxy) is 1. The molecule has 0 saturated carbocycles. The fourth-order valence-electron chi connectivity index (χ4n) is 2.97. The van der Waals surface area contributed by atoms with Crippen molar-refractivity contribution in [1.82, 2.24) is 5.32 Å². The van der Waals surface area contributed by atoms with Crippen LogP contribution in [0.5, 0.6) is 0 Å². The summed E-state index contributed by atoms with van der Waals surface area (Å²) < 4.78 is 4.65. The number of hydrogen-bond donors (Lipinski definition) is 2. The van der Waals surface area contributed by atoms with Crippen LogP contribution < -0.4 is 10.6 Å². The van der Waals surface area contributed by atoms with E-state index in [0.29, 0.717) is 22.4 Å². The van der Waals surface area contributed by atoms with Crippen LogP contribution in [0.3, 0.4) is 0 Å². The average Bonchev–Trinajstić information content (AvgIpc) is 3.22. The SMILES string of the molecule is COC(=O)c1ccc(C(=O)Nc2cc(C(=O)NC3C=CCC3)ccc2C)cc1. The van der Waals surface area contributed by atoms with E-state index in [2.05, 4.69) is 21.4 Å². The number of carbonyl (C=O) groups excluding carboxylic acids is 3. The smallest absolute Gasteiger partial charge is 0.337 e. The van der Waals surface area contributed by atoms with Crippen LogP contribution in [-0.4, -0.2) is 30.9 Å². The Kier molecular flexibility index (Phi) is 5.89. The zero-order valence-corrected chi connectivity index (χ0v) is 15.8. The van der Waals surface area contributed by atoms with Gasteiger partial charge < -0.3 is 15.4 Å². The lowest BCUT2D eigenvalue weighted by Crippen LogP contribution is -2.32. The Labute approximate surface area is 163 Å². The van der Waals surface area contributed by atoms with Crippen molar-refractivity contribution in [1.29, 1.82) is 0 Å². The Bertz CT molecular complexity index is 932. The highest BCUT2D eigenvalue weighted by Crippen LogP contribution is 2.19. The fraction of sp³-hybridized carbons (Fsp3) is 0.227. The van der Waals surface area contributed by atoms with Gasteiger partial charge in [0.05, 0.1) is 12.7 Å². The molecule has 28 heavy (non-hydrogen) atoms. The molecule has 0 spiro atoms. The van der Waals surface area contributed by atoms with Crippen LogP contribution >= 0.6 is 0 Å². The van der Waals surface area contributed by atoms with Gasteiger partial charge in [-0.3, -0.25) is 9.59 Å². The maximum Gasteiger partial charge on any atom is 0.337 e. The molecular weight excluding hydrogens is 356 g/mol. The van der Waals surface area contributed by atoms with Gasteiger partial charge in [-0.15, -0.1) is 0 Å². The number of esters is 1. The second kappa shape index (κ2) is 8.52. The fourth-order valence-corrected chi connectivity index (χ4v) is 2.97. The van der Waals surface area contributed by atoms with Crippen LogP contribution in [0, 0.1) is 6.92 Å². The number of rotatable bonds is 5. The van der Waals surface area contributed by atoms with Gasteiger partial charge >= 0.3 is 5.97 Å². The molecule has 0 aliphatic heterocycles. The second-order valence-electron chi connectivity index (χ2n) is 6.64. The first-order valence-corrected chi connectivity index (χ1v) is 9.06. The summed E-state index contributed by atoms with van der Waals surface area (Å²) in [5.74, 6) is -0.955. The van der Waals surface area contributed by atoms with Crippen molar-refractivity contribution in [3.63, 3.8) is 0 Å². The minimum atomic E-state index is -0.460. The predicted octanol–water partition coefficient (Wildman–Crippen LogP) is 3.48. The highest BCUT2D eigenvalue weighted by Gasteiger charge is 2.16. The largest absolute Gasteiger partial charge is 0.465 e. The summed E-state index contributed by atoms with van der Waals surface area (Å²) in [6.07, 6.45) is 5.92. The van der Waals surface area contributed by atoms with Crippen molar-refractivity contribution in [2.45, 2.75) is 25.8 Å². The molecular formula is C22H22N2O4. The maximum atomic E-state index is 12.5. The van der Waals surface area contributed by atoms with E-state index in [4.69, 9.17) is 0 Å². The lowest BCUT2D eigenvalue weighted by molar-refractivity contribution is 0.0600. The van der Waals surface area contributed by atoms with Gasteiger partial charge in [-0.25, -0.2) is 4.79 Å². The van der Waals surface area contributed by atoms with Gasteiger partial charge in [0.2, 0.25) is 0 Å². The number of allylic oxidation sites excluding steroid dienone is 1. The Morgan fingerprint density at radius 1 is 0.964 bits per heavy atom. The van der Waals surface area contributed by atoms with E-state index in [-0.39, 0.29) is 17.9 Å². The molecule has 2 aromatic carbocycles. The zero-order valence-electron chi connectivity index (χ0n) is 15.8. The lowest BCUT2D eigenvalue weighted by Gasteiger charge is -2.13. The zero-order chi connectivity index (χ0) is 20.1. The molecule has 6 heteroatoms. The summed E-state index contributed by atoms with van der Waals surface area (Å²) in [4.78, 5) is 36.5. The maximum absolute atomic E-state index is 12.5. The molecule has 2 aromatic rings. The second-order valence-corrected chi connectivity index (χ2v) is 6.64. The summed E-state index contributed by atoms with van der Waals surface area (Å²) in [6.45, 7) is 1.86. The van der Waals surface area contributed by atoms with E-state index in [1.54, 1.807) is 30.3 Å².